The third-order valence-electron chi connectivity index (χ3n) is 6.89. The van der Waals surface area contributed by atoms with Crippen molar-refractivity contribution in [1.29, 1.82) is 0 Å². The highest BCUT2D eigenvalue weighted by Crippen LogP contribution is 2.29. The van der Waals surface area contributed by atoms with E-state index in [-0.39, 0.29) is 42.1 Å². The van der Waals surface area contributed by atoms with Crippen LogP contribution >= 0.6 is 11.3 Å². The molecule has 0 radical (unpaired) electrons. The molecule has 13 nitrogen and oxygen atoms in total. The number of oxime groups is 1. The molecule has 3 aromatic rings. The molecule has 0 bridgehead atoms. The second kappa shape index (κ2) is 10.6. The molecule has 1 aromatic carbocycles. The Morgan fingerprint density at radius 1 is 1.28 bits per heavy atom. The highest BCUT2D eigenvalue weighted by molar-refractivity contribution is 7.89. The van der Waals surface area contributed by atoms with Crippen LogP contribution in [0.25, 0.3) is 10.9 Å². The molecule has 0 aliphatic carbocycles. The Labute approximate surface area is 228 Å². The first-order valence-corrected chi connectivity index (χ1v) is 14.6. The van der Waals surface area contributed by atoms with Crippen molar-refractivity contribution in [3.05, 3.63) is 45.4 Å². The Morgan fingerprint density at radius 2 is 2.08 bits per heavy atom. The van der Waals surface area contributed by atoms with E-state index in [0.29, 0.717) is 23.0 Å². The van der Waals surface area contributed by atoms with E-state index in [0.717, 1.165) is 23.5 Å². The van der Waals surface area contributed by atoms with Crippen molar-refractivity contribution in [2.75, 3.05) is 39.8 Å². The zero-order valence-corrected chi connectivity index (χ0v) is 23.1. The monoisotopic (exact) mass is 575 g/mol. The van der Waals surface area contributed by atoms with E-state index >= 15 is 0 Å². The number of benzene rings is 1. The van der Waals surface area contributed by atoms with Crippen molar-refractivity contribution in [3.8, 4) is 0 Å². The first-order chi connectivity index (χ1) is 18.6. The molecule has 0 spiro atoms. The van der Waals surface area contributed by atoms with Crippen LogP contribution < -0.4 is 5.73 Å². The van der Waals surface area contributed by atoms with Crippen LogP contribution in [-0.2, 0) is 32.5 Å². The molecule has 1 amide bonds. The Kier molecular flexibility index (Phi) is 7.33. The number of carbonyl (C=O) groups excluding carboxylic acids is 2. The number of nitrogens with zero attached hydrogens (tertiary/aromatic N) is 5. The van der Waals surface area contributed by atoms with Crippen LogP contribution in [0, 0.1) is 0 Å². The summed E-state index contributed by atoms with van der Waals surface area (Å²) in [4.78, 5) is 38.4. The van der Waals surface area contributed by atoms with Gasteiger partial charge in [0.2, 0.25) is 0 Å². The van der Waals surface area contributed by atoms with Crippen LogP contribution in [0.3, 0.4) is 0 Å². The fourth-order valence-corrected chi connectivity index (χ4v) is 7.39. The maximum Gasteiger partial charge on any atom is 0.330 e. The van der Waals surface area contributed by atoms with Crippen LogP contribution in [-0.4, -0.2) is 101 Å². The largest absolute Gasteiger partial charge is 0.464 e. The van der Waals surface area contributed by atoms with Crippen molar-refractivity contribution in [2.45, 2.75) is 31.0 Å². The van der Waals surface area contributed by atoms with E-state index < -0.39 is 27.9 Å². The van der Waals surface area contributed by atoms with Crippen LogP contribution in [0.1, 0.15) is 32.9 Å². The van der Waals surface area contributed by atoms with Gasteiger partial charge in [-0.05, 0) is 38.2 Å². The summed E-state index contributed by atoms with van der Waals surface area (Å²) >= 11 is 1.31. The van der Waals surface area contributed by atoms with E-state index in [2.05, 4.69) is 20.0 Å². The fourth-order valence-electron chi connectivity index (χ4n) is 4.80. The SMILES string of the molecule is CCOC(=O)C1CN(S(=O)(=O)c2cc3cc(C(N)=NO)ccc3[nH]2)CCN1C(=O)c1nc2c(s1)CN(C)CC2. The number of nitrogens with one attached hydrogen (secondary N) is 1. The lowest BCUT2D eigenvalue weighted by molar-refractivity contribution is -0.149. The summed E-state index contributed by atoms with van der Waals surface area (Å²) in [6, 6.07) is 5.16. The van der Waals surface area contributed by atoms with Crippen LogP contribution in [0.5, 0.6) is 0 Å². The minimum Gasteiger partial charge on any atom is -0.464 e. The number of amides is 1. The number of sulfonamides is 1. The van der Waals surface area contributed by atoms with Crippen molar-refractivity contribution in [2.24, 2.45) is 10.9 Å². The first-order valence-electron chi connectivity index (χ1n) is 12.4. The van der Waals surface area contributed by atoms with Gasteiger partial charge in [-0.3, -0.25) is 4.79 Å². The number of hydrogen-bond acceptors (Lipinski definition) is 10. The zero-order chi connectivity index (χ0) is 27.9. The number of likely N-dealkylation sites (N-methyl/N-ethyl adjacent to an activating group) is 1. The molecule has 1 saturated heterocycles. The molecule has 1 unspecified atom stereocenters. The average molecular weight is 576 g/mol. The fraction of sp³-hybridized carbons (Fsp3) is 0.417. The first kappa shape index (κ1) is 27.1. The lowest BCUT2D eigenvalue weighted by Gasteiger charge is -2.38. The molecule has 5 rings (SSSR count). The summed E-state index contributed by atoms with van der Waals surface area (Å²) in [6.07, 6.45) is 0.744. The summed E-state index contributed by atoms with van der Waals surface area (Å²) in [6.45, 7) is 3.03. The molecule has 208 valence electrons. The molecule has 1 atom stereocenters. The molecule has 4 N–H and O–H groups in total. The molecule has 2 aromatic heterocycles. The van der Waals surface area contributed by atoms with Gasteiger partial charge in [0.1, 0.15) is 11.1 Å². The maximum atomic E-state index is 13.6. The molecule has 1 fully saturated rings. The number of rotatable bonds is 6. The van der Waals surface area contributed by atoms with Gasteiger partial charge in [0.15, 0.2) is 10.8 Å². The molecule has 15 heteroatoms. The number of amidine groups is 1. The number of piperazine rings is 1. The normalized spacial score (nSPS) is 19.3. The van der Waals surface area contributed by atoms with Crippen LogP contribution in [0.15, 0.2) is 34.4 Å². The Bertz CT molecular complexity index is 1560. The summed E-state index contributed by atoms with van der Waals surface area (Å²) in [5.41, 5.74) is 7.52. The maximum absolute atomic E-state index is 13.6. The topological polar surface area (TPSA) is 175 Å². The molecule has 2 aliphatic heterocycles. The van der Waals surface area contributed by atoms with Gasteiger partial charge in [0.25, 0.3) is 15.9 Å². The van der Waals surface area contributed by atoms with Gasteiger partial charge in [-0.15, -0.1) is 11.3 Å². The van der Waals surface area contributed by atoms with Crippen molar-refractivity contribution >= 4 is 50.0 Å². The van der Waals surface area contributed by atoms with Crippen molar-refractivity contribution < 1.29 is 28.0 Å². The predicted octanol–water partition coefficient (Wildman–Crippen LogP) is 0.785. The lowest BCUT2D eigenvalue weighted by Crippen LogP contribution is -2.59. The number of nitrogens with two attached hydrogens (primary N) is 1. The Hall–Kier alpha value is -3.53. The van der Waals surface area contributed by atoms with Gasteiger partial charge in [-0.1, -0.05) is 5.16 Å². The lowest BCUT2D eigenvalue weighted by atomic mass is 10.1. The predicted molar refractivity (Wildman–Crippen MR) is 143 cm³/mol. The number of fused-ring (bicyclic) bond motifs is 2. The quantitative estimate of drug-likeness (QED) is 0.126. The summed E-state index contributed by atoms with van der Waals surface area (Å²) in [5, 5.41) is 12.7. The van der Waals surface area contributed by atoms with E-state index in [9.17, 15) is 18.0 Å². The molecule has 0 saturated carbocycles. The second-order valence-electron chi connectivity index (χ2n) is 9.43. The van der Waals surface area contributed by atoms with E-state index in [4.69, 9.17) is 15.7 Å². The standard InChI is InChI=1S/C24H29N7O6S2/c1-3-37-24(33)18-12-30(8-9-31(18)23(32)22-27-17-6-7-29(2)13-19(17)38-22)39(35,36)20-11-15-10-14(21(25)28-34)4-5-16(15)26-20/h4-5,10-11,18,26,34H,3,6-9,12-13H2,1-2H3,(H2,25,28). The van der Waals surface area contributed by atoms with E-state index in [1.165, 1.54) is 26.6 Å². The van der Waals surface area contributed by atoms with Gasteiger partial charge in [0, 0.05) is 60.5 Å². The number of H-pyrrole nitrogens is 1. The third-order valence-corrected chi connectivity index (χ3v) is 9.74. The number of aromatic amines is 1. The number of ether oxygens (including phenoxy) is 1. The number of esters is 1. The minimum absolute atomic E-state index is 0.000429. The van der Waals surface area contributed by atoms with Crippen molar-refractivity contribution in [1.82, 2.24) is 24.1 Å². The third kappa shape index (κ3) is 5.09. The second-order valence-corrected chi connectivity index (χ2v) is 12.4. The van der Waals surface area contributed by atoms with E-state index in [1.807, 2.05) is 7.05 Å². The molecule has 2 aliphatic rings. The van der Waals surface area contributed by atoms with Crippen molar-refractivity contribution in [3.63, 3.8) is 0 Å². The Balaban J connectivity index is 1.41. The average Bonchev–Trinajstić information content (AvgIpc) is 3.56. The smallest absolute Gasteiger partial charge is 0.330 e. The van der Waals surface area contributed by atoms with Crippen LogP contribution in [0.4, 0.5) is 0 Å². The van der Waals surface area contributed by atoms with Gasteiger partial charge in [0.05, 0.1) is 12.3 Å². The number of hydrogen-bond donors (Lipinski definition) is 3. The number of carbonyl (C=O) groups is 2. The minimum atomic E-state index is -4.06. The van der Waals surface area contributed by atoms with Gasteiger partial charge in [-0.2, -0.15) is 4.31 Å². The molecule has 39 heavy (non-hydrogen) atoms. The highest BCUT2D eigenvalue weighted by atomic mass is 32.2. The molecular formula is C24H29N7O6S2. The number of aromatic nitrogens is 2. The summed E-state index contributed by atoms with van der Waals surface area (Å²) in [7, 11) is -2.06. The van der Waals surface area contributed by atoms with Gasteiger partial charge >= 0.3 is 5.97 Å². The number of thiazole rings is 1. The summed E-state index contributed by atoms with van der Waals surface area (Å²) in [5.74, 6) is -1.19. The summed E-state index contributed by atoms with van der Waals surface area (Å²) < 4.78 is 33.6. The molecule has 4 heterocycles. The Morgan fingerprint density at radius 3 is 2.82 bits per heavy atom. The zero-order valence-electron chi connectivity index (χ0n) is 21.5. The highest BCUT2D eigenvalue weighted by Gasteiger charge is 2.42. The van der Waals surface area contributed by atoms with Gasteiger partial charge in [-0.25, -0.2) is 18.2 Å². The van der Waals surface area contributed by atoms with Gasteiger partial charge < -0.3 is 30.5 Å². The molecular weight excluding hydrogens is 546 g/mol. The van der Waals surface area contributed by atoms with Crippen LogP contribution in [0.2, 0.25) is 0 Å². The van der Waals surface area contributed by atoms with E-state index in [1.54, 1.807) is 25.1 Å².